The van der Waals surface area contributed by atoms with E-state index in [4.69, 9.17) is 13.8 Å². The fraction of sp³-hybridized carbons (Fsp3) is 0.292. The molecule has 3 unspecified atom stereocenters. The predicted octanol–water partition coefficient (Wildman–Crippen LogP) is 3.24. The second-order valence-electron chi connectivity index (χ2n) is 7.68. The van der Waals surface area contributed by atoms with Crippen LogP contribution in [0, 0.1) is 0 Å². The minimum absolute atomic E-state index is 0.0541. The number of aldehydes is 1. The van der Waals surface area contributed by atoms with Crippen LogP contribution in [-0.2, 0) is 30.0 Å². The van der Waals surface area contributed by atoms with Crippen molar-refractivity contribution in [1.29, 1.82) is 0 Å². The first-order valence-electron chi connectivity index (χ1n) is 10.7. The topological polar surface area (TPSA) is 124 Å². The number of dihydropyridines is 1. The molecule has 3 rings (SSSR count). The summed E-state index contributed by atoms with van der Waals surface area (Å²) >= 11 is 0. The molecule has 2 aromatic rings. The summed E-state index contributed by atoms with van der Waals surface area (Å²) in [7, 11) is -4.13. The summed E-state index contributed by atoms with van der Waals surface area (Å²) in [6.45, 7) is 2.85. The standard InChI is InChI=1S/C24H27N2O7P/c1-17-23(28)22(14-27)20(13-25-17)16-32-34(30,33-21-11-7-4-8-12-21)26-18(2)24(29)31-15-19-9-5-3-6-10-19/h3-14,17-18,23,28H,15-16H2,1-2H3,(H,26,30)/t17?,18-,23?,34?/m0/s1. The van der Waals surface area contributed by atoms with E-state index in [1.54, 1.807) is 37.3 Å². The lowest BCUT2D eigenvalue weighted by atomic mass is 9.97. The quantitative estimate of drug-likeness (QED) is 0.282. The number of benzene rings is 2. The molecule has 0 bridgehead atoms. The van der Waals surface area contributed by atoms with Crippen molar-refractivity contribution in [3.05, 3.63) is 77.4 Å². The van der Waals surface area contributed by atoms with E-state index in [9.17, 15) is 19.3 Å². The Hall–Kier alpha value is -3.10. The lowest BCUT2D eigenvalue weighted by Crippen LogP contribution is -2.35. The number of hydrogen-bond acceptors (Lipinski definition) is 8. The van der Waals surface area contributed by atoms with Crippen molar-refractivity contribution in [1.82, 2.24) is 5.09 Å². The van der Waals surface area contributed by atoms with Crippen LogP contribution in [0.2, 0.25) is 0 Å². The van der Waals surface area contributed by atoms with E-state index in [1.165, 1.54) is 13.1 Å². The van der Waals surface area contributed by atoms with Crippen molar-refractivity contribution in [3.63, 3.8) is 0 Å². The minimum atomic E-state index is -4.13. The van der Waals surface area contributed by atoms with Gasteiger partial charge in [0.1, 0.15) is 30.8 Å². The van der Waals surface area contributed by atoms with Gasteiger partial charge < -0.3 is 14.4 Å². The molecule has 0 saturated heterocycles. The number of aliphatic imine (C=N–C) groups is 1. The molecular formula is C24H27N2O7P. The minimum Gasteiger partial charge on any atom is -0.460 e. The van der Waals surface area contributed by atoms with Crippen molar-refractivity contribution in [3.8, 4) is 5.75 Å². The normalized spacial score (nSPS) is 20.3. The number of carbonyl (C=O) groups excluding carboxylic acids is 2. The largest absolute Gasteiger partial charge is 0.460 e. The Kier molecular flexibility index (Phi) is 8.90. The monoisotopic (exact) mass is 486 g/mol. The molecule has 180 valence electrons. The molecule has 0 amide bonds. The number of hydrogen-bond donors (Lipinski definition) is 2. The van der Waals surface area contributed by atoms with Gasteiger partial charge in [-0.25, -0.2) is 4.57 Å². The second-order valence-corrected chi connectivity index (χ2v) is 9.38. The summed E-state index contributed by atoms with van der Waals surface area (Å²) in [6, 6.07) is 15.9. The Balaban J connectivity index is 1.72. The third-order valence-electron chi connectivity index (χ3n) is 5.03. The van der Waals surface area contributed by atoms with Gasteiger partial charge in [0.2, 0.25) is 0 Å². The summed E-state index contributed by atoms with van der Waals surface area (Å²) in [5, 5.41) is 12.8. The third kappa shape index (κ3) is 6.95. The van der Waals surface area contributed by atoms with Crippen LogP contribution in [-0.4, -0.2) is 48.4 Å². The second kappa shape index (κ2) is 11.9. The average molecular weight is 486 g/mol. The first-order valence-corrected chi connectivity index (χ1v) is 12.2. The molecule has 2 aromatic carbocycles. The van der Waals surface area contributed by atoms with Crippen LogP contribution < -0.4 is 9.61 Å². The third-order valence-corrected chi connectivity index (χ3v) is 6.65. The van der Waals surface area contributed by atoms with Crippen LogP contribution in [0.15, 0.2) is 76.8 Å². The van der Waals surface area contributed by atoms with E-state index in [-0.39, 0.29) is 30.1 Å². The molecule has 0 spiro atoms. The van der Waals surface area contributed by atoms with Crippen molar-refractivity contribution >= 4 is 26.2 Å². The number of esters is 1. The fourth-order valence-corrected chi connectivity index (χ4v) is 4.56. The Labute approximate surface area is 198 Å². The zero-order valence-corrected chi connectivity index (χ0v) is 19.8. The molecule has 1 heterocycles. The van der Waals surface area contributed by atoms with Crippen LogP contribution in [0.25, 0.3) is 0 Å². The molecule has 0 aromatic heterocycles. The highest BCUT2D eigenvalue weighted by molar-refractivity contribution is 7.52. The van der Waals surface area contributed by atoms with Gasteiger partial charge in [0, 0.05) is 17.4 Å². The summed E-state index contributed by atoms with van der Waals surface area (Å²) in [5.74, 6) is -0.403. The molecule has 1 aliphatic rings. The molecule has 0 fully saturated rings. The van der Waals surface area contributed by atoms with Gasteiger partial charge in [-0.3, -0.25) is 19.1 Å². The molecule has 2 N–H and O–H groups in total. The van der Waals surface area contributed by atoms with Crippen molar-refractivity contribution in [2.24, 2.45) is 4.99 Å². The van der Waals surface area contributed by atoms with Gasteiger partial charge in [-0.15, -0.1) is 0 Å². The lowest BCUT2D eigenvalue weighted by molar-refractivity contribution is -0.146. The predicted molar refractivity (Wildman–Crippen MR) is 127 cm³/mol. The molecule has 0 radical (unpaired) electrons. The van der Waals surface area contributed by atoms with Crippen molar-refractivity contribution in [2.75, 3.05) is 6.61 Å². The van der Waals surface area contributed by atoms with Crippen LogP contribution in [0.3, 0.4) is 0 Å². The highest BCUT2D eigenvalue weighted by atomic mass is 31.2. The van der Waals surface area contributed by atoms with Crippen LogP contribution in [0.5, 0.6) is 5.75 Å². The van der Waals surface area contributed by atoms with Gasteiger partial charge in [-0.05, 0) is 31.5 Å². The van der Waals surface area contributed by atoms with Crippen molar-refractivity contribution < 1.29 is 33.0 Å². The summed E-state index contributed by atoms with van der Waals surface area (Å²) in [4.78, 5) is 28.1. The number of para-hydroxylation sites is 1. The summed E-state index contributed by atoms with van der Waals surface area (Å²) in [6.07, 6.45) is 0.812. The highest BCUT2D eigenvalue weighted by Crippen LogP contribution is 2.45. The number of nitrogens with zero attached hydrogens (tertiary/aromatic N) is 1. The Morgan fingerprint density at radius 1 is 1.15 bits per heavy atom. The summed E-state index contributed by atoms with van der Waals surface area (Å²) < 4.78 is 30.0. The molecule has 4 atom stereocenters. The van der Waals surface area contributed by atoms with Gasteiger partial charge in [-0.1, -0.05) is 48.5 Å². The van der Waals surface area contributed by atoms with Gasteiger partial charge >= 0.3 is 13.7 Å². The van der Waals surface area contributed by atoms with Crippen LogP contribution in [0.4, 0.5) is 0 Å². The number of ether oxygens (including phenoxy) is 1. The van der Waals surface area contributed by atoms with Crippen LogP contribution in [0.1, 0.15) is 19.4 Å². The van der Waals surface area contributed by atoms with Crippen molar-refractivity contribution in [2.45, 2.75) is 38.6 Å². The molecule has 0 aliphatic carbocycles. The van der Waals surface area contributed by atoms with E-state index in [0.717, 1.165) is 5.56 Å². The lowest BCUT2D eigenvalue weighted by Gasteiger charge is -2.25. The summed E-state index contributed by atoms with van der Waals surface area (Å²) in [5.41, 5.74) is 1.16. The number of rotatable bonds is 11. The first kappa shape index (κ1) is 25.5. The Morgan fingerprint density at radius 3 is 2.44 bits per heavy atom. The van der Waals surface area contributed by atoms with E-state index in [1.807, 2.05) is 30.3 Å². The van der Waals surface area contributed by atoms with Crippen LogP contribution >= 0.6 is 7.75 Å². The molecule has 34 heavy (non-hydrogen) atoms. The molecule has 1 aliphatic heterocycles. The van der Waals surface area contributed by atoms with Gasteiger partial charge in [0.25, 0.3) is 0 Å². The van der Waals surface area contributed by atoms with Gasteiger partial charge in [0.05, 0.1) is 12.6 Å². The maximum atomic E-state index is 13.6. The van der Waals surface area contributed by atoms with Gasteiger partial charge in [0.15, 0.2) is 0 Å². The Morgan fingerprint density at radius 2 is 1.79 bits per heavy atom. The number of nitrogens with one attached hydrogen (secondary N) is 1. The number of aliphatic hydroxyl groups excluding tert-OH is 1. The average Bonchev–Trinajstić information content (AvgIpc) is 2.84. The SMILES string of the molecule is CC1N=CC(COP(=O)(N[C@@H](C)C(=O)OCc2ccccc2)Oc2ccccc2)=C(C=O)C1O. The Bertz CT molecular complexity index is 1090. The smallest absolute Gasteiger partial charge is 0.459 e. The van der Waals surface area contributed by atoms with E-state index in [2.05, 4.69) is 10.1 Å². The zero-order chi connectivity index (χ0) is 24.6. The molecular weight excluding hydrogens is 459 g/mol. The number of carbonyl (C=O) groups is 2. The van der Waals surface area contributed by atoms with E-state index in [0.29, 0.717) is 6.29 Å². The fourth-order valence-electron chi connectivity index (χ4n) is 3.09. The maximum absolute atomic E-state index is 13.6. The van der Waals surface area contributed by atoms with E-state index >= 15 is 0 Å². The molecule has 9 nitrogen and oxygen atoms in total. The number of aliphatic hydroxyl groups is 1. The maximum Gasteiger partial charge on any atom is 0.459 e. The first-order chi connectivity index (χ1) is 16.3. The van der Waals surface area contributed by atoms with Gasteiger partial charge in [-0.2, -0.15) is 5.09 Å². The highest BCUT2D eigenvalue weighted by Gasteiger charge is 2.34. The molecule has 10 heteroatoms. The molecule has 0 saturated carbocycles. The van der Waals surface area contributed by atoms with E-state index < -0.39 is 31.9 Å². The zero-order valence-electron chi connectivity index (χ0n) is 18.9.